The molecule has 0 bridgehead atoms. The molecule has 1 aliphatic rings. The Morgan fingerprint density at radius 1 is 1.21 bits per heavy atom. The van der Waals surface area contributed by atoms with Crippen molar-refractivity contribution in [1.82, 2.24) is 9.88 Å². The highest BCUT2D eigenvalue weighted by molar-refractivity contribution is 7.07. The van der Waals surface area contributed by atoms with E-state index in [1.807, 2.05) is 64.9 Å². The third-order valence-electron chi connectivity index (χ3n) is 4.90. The van der Waals surface area contributed by atoms with Crippen LogP contribution in [0.2, 0.25) is 0 Å². The number of carbonyl (C=O) groups excluding carboxylic acids is 1. The molecule has 0 aliphatic carbocycles. The van der Waals surface area contributed by atoms with E-state index in [2.05, 4.69) is 4.98 Å². The first-order chi connectivity index (χ1) is 14.3. The van der Waals surface area contributed by atoms with Gasteiger partial charge < -0.3 is 14.4 Å². The fourth-order valence-corrected chi connectivity index (χ4v) is 3.97. The molecule has 0 radical (unpaired) electrons. The quantitative estimate of drug-likeness (QED) is 0.549. The first-order valence-corrected chi connectivity index (χ1v) is 10.8. The summed E-state index contributed by atoms with van der Waals surface area (Å²) in [5.41, 5.74) is 4.39. The second-order valence-electron chi connectivity index (χ2n) is 7.10. The van der Waals surface area contributed by atoms with Crippen molar-refractivity contribution < 1.29 is 14.3 Å². The van der Waals surface area contributed by atoms with E-state index in [0.717, 1.165) is 30.7 Å². The topological polar surface area (TPSA) is 51.7 Å². The molecule has 5 nitrogen and oxygen atoms in total. The number of hydrogen-bond donors (Lipinski definition) is 0. The molecule has 0 spiro atoms. The molecule has 0 N–H and O–H groups in total. The zero-order valence-electron chi connectivity index (χ0n) is 16.2. The molecule has 1 fully saturated rings. The maximum absolute atomic E-state index is 13.3. The number of benzene rings is 2. The minimum atomic E-state index is -0.0107. The van der Waals surface area contributed by atoms with Gasteiger partial charge in [-0.05, 0) is 36.6 Å². The monoisotopic (exact) mass is 408 g/mol. The molecule has 1 aliphatic heterocycles. The highest BCUT2D eigenvalue weighted by Gasteiger charge is 2.24. The van der Waals surface area contributed by atoms with Gasteiger partial charge in [0.25, 0.3) is 5.91 Å². The van der Waals surface area contributed by atoms with E-state index >= 15 is 0 Å². The lowest BCUT2D eigenvalue weighted by Gasteiger charge is -2.26. The average Bonchev–Trinajstić information content (AvgIpc) is 3.46. The number of rotatable bonds is 8. The van der Waals surface area contributed by atoms with Gasteiger partial charge in [0.05, 0.1) is 17.3 Å². The summed E-state index contributed by atoms with van der Waals surface area (Å²) in [5.74, 6) is 0.657. The third kappa shape index (κ3) is 5.43. The Labute approximate surface area is 174 Å². The average molecular weight is 409 g/mol. The summed E-state index contributed by atoms with van der Waals surface area (Å²) >= 11 is 1.54. The van der Waals surface area contributed by atoms with Crippen molar-refractivity contribution in [3.05, 3.63) is 82.3 Å². The van der Waals surface area contributed by atoms with Crippen LogP contribution in [0.1, 0.15) is 34.5 Å². The second kappa shape index (κ2) is 9.67. The van der Waals surface area contributed by atoms with Crippen LogP contribution in [-0.2, 0) is 17.9 Å². The van der Waals surface area contributed by atoms with Gasteiger partial charge in [-0.3, -0.25) is 4.79 Å². The summed E-state index contributed by atoms with van der Waals surface area (Å²) in [6.07, 6.45) is 2.15. The van der Waals surface area contributed by atoms with Crippen molar-refractivity contribution in [3.8, 4) is 5.75 Å². The normalized spacial score (nSPS) is 15.9. The van der Waals surface area contributed by atoms with Crippen molar-refractivity contribution in [2.45, 2.75) is 32.1 Å². The molecular weight excluding hydrogens is 384 g/mol. The van der Waals surface area contributed by atoms with Crippen LogP contribution in [0.4, 0.5) is 0 Å². The van der Waals surface area contributed by atoms with E-state index < -0.39 is 0 Å². The lowest BCUT2D eigenvalue weighted by Crippen LogP contribution is -2.37. The molecule has 2 aromatic carbocycles. The Hall–Kier alpha value is -2.70. The zero-order valence-corrected chi connectivity index (χ0v) is 17.0. The van der Waals surface area contributed by atoms with Crippen molar-refractivity contribution in [2.24, 2.45) is 0 Å². The lowest BCUT2D eigenvalue weighted by molar-refractivity contribution is 0.0507. The lowest BCUT2D eigenvalue weighted by atomic mass is 10.1. The molecule has 0 saturated carbocycles. The first kappa shape index (κ1) is 19.6. The van der Waals surface area contributed by atoms with E-state index in [9.17, 15) is 4.79 Å². The molecule has 1 atom stereocenters. The van der Waals surface area contributed by atoms with Crippen LogP contribution in [0.3, 0.4) is 0 Å². The number of thiazole rings is 1. The second-order valence-corrected chi connectivity index (χ2v) is 7.82. The van der Waals surface area contributed by atoms with Crippen molar-refractivity contribution >= 4 is 17.2 Å². The summed E-state index contributed by atoms with van der Waals surface area (Å²) < 4.78 is 11.6. The van der Waals surface area contributed by atoms with Crippen molar-refractivity contribution in [3.63, 3.8) is 0 Å². The molecular formula is C23H24N2O3S. The Bertz CT molecular complexity index is 909. The SMILES string of the molecule is O=C(c1cccc(OCc2cscn2)c1)N(Cc1ccccc1)CC1CCCO1. The summed E-state index contributed by atoms with van der Waals surface area (Å²) in [7, 11) is 0. The van der Waals surface area contributed by atoms with Crippen LogP contribution in [0.25, 0.3) is 0 Å². The number of nitrogens with zero attached hydrogens (tertiary/aromatic N) is 2. The van der Waals surface area contributed by atoms with Gasteiger partial charge in [0.2, 0.25) is 0 Å². The minimum Gasteiger partial charge on any atom is -0.487 e. The Kier molecular flexibility index (Phi) is 6.54. The molecule has 6 heteroatoms. The summed E-state index contributed by atoms with van der Waals surface area (Å²) in [4.78, 5) is 19.4. The molecule has 4 rings (SSSR count). The van der Waals surface area contributed by atoms with E-state index in [4.69, 9.17) is 9.47 Å². The zero-order chi connectivity index (χ0) is 19.9. The fraction of sp³-hybridized carbons (Fsp3) is 0.304. The Morgan fingerprint density at radius 3 is 2.86 bits per heavy atom. The first-order valence-electron chi connectivity index (χ1n) is 9.82. The van der Waals surface area contributed by atoms with Gasteiger partial charge >= 0.3 is 0 Å². The van der Waals surface area contributed by atoms with E-state index in [1.54, 1.807) is 5.51 Å². The predicted molar refractivity (Wildman–Crippen MR) is 113 cm³/mol. The van der Waals surface area contributed by atoms with Gasteiger partial charge in [0, 0.05) is 30.6 Å². The molecule has 2 heterocycles. The maximum Gasteiger partial charge on any atom is 0.254 e. The largest absolute Gasteiger partial charge is 0.487 e. The molecule has 1 unspecified atom stereocenters. The standard InChI is InChI=1S/C23H24N2O3S/c26-23(19-8-4-9-21(12-19)28-15-20-16-29-17-24-20)25(14-22-10-5-11-27-22)13-18-6-2-1-3-7-18/h1-4,6-9,12,16-17,22H,5,10-11,13-15H2. The van der Waals surface area contributed by atoms with Crippen LogP contribution < -0.4 is 4.74 Å². The molecule has 150 valence electrons. The van der Waals surface area contributed by atoms with Gasteiger partial charge in [-0.25, -0.2) is 4.98 Å². The Morgan fingerprint density at radius 2 is 2.10 bits per heavy atom. The number of amides is 1. The van der Waals surface area contributed by atoms with Crippen LogP contribution in [0.5, 0.6) is 5.75 Å². The Balaban J connectivity index is 1.48. The molecule has 3 aromatic rings. The van der Waals surface area contributed by atoms with Crippen LogP contribution >= 0.6 is 11.3 Å². The summed E-state index contributed by atoms with van der Waals surface area (Å²) in [5, 5.41) is 1.96. The van der Waals surface area contributed by atoms with Crippen molar-refractivity contribution in [2.75, 3.05) is 13.2 Å². The number of aromatic nitrogens is 1. The summed E-state index contributed by atoms with van der Waals surface area (Å²) in [6.45, 7) is 2.32. The number of hydrogen-bond acceptors (Lipinski definition) is 5. The fourth-order valence-electron chi connectivity index (χ4n) is 3.42. The van der Waals surface area contributed by atoms with Gasteiger partial charge in [0.1, 0.15) is 12.4 Å². The molecule has 1 aromatic heterocycles. The minimum absolute atomic E-state index is 0.0107. The smallest absolute Gasteiger partial charge is 0.254 e. The van der Waals surface area contributed by atoms with Gasteiger partial charge in [-0.1, -0.05) is 36.4 Å². The maximum atomic E-state index is 13.3. The van der Waals surface area contributed by atoms with Gasteiger partial charge in [-0.2, -0.15) is 0 Å². The van der Waals surface area contributed by atoms with Crippen LogP contribution in [-0.4, -0.2) is 35.0 Å². The predicted octanol–water partition coefficient (Wildman–Crippen LogP) is 4.54. The number of ether oxygens (including phenoxy) is 2. The van der Waals surface area contributed by atoms with E-state index in [-0.39, 0.29) is 12.0 Å². The van der Waals surface area contributed by atoms with E-state index in [0.29, 0.717) is 31.0 Å². The molecule has 1 saturated heterocycles. The number of carbonyl (C=O) groups is 1. The van der Waals surface area contributed by atoms with Crippen LogP contribution in [0.15, 0.2) is 65.5 Å². The van der Waals surface area contributed by atoms with Crippen LogP contribution in [0, 0.1) is 0 Å². The van der Waals surface area contributed by atoms with Gasteiger partial charge in [-0.15, -0.1) is 11.3 Å². The van der Waals surface area contributed by atoms with E-state index in [1.165, 1.54) is 11.3 Å². The highest BCUT2D eigenvalue weighted by atomic mass is 32.1. The molecule has 29 heavy (non-hydrogen) atoms. The molecule has 1 amide bonds. The van der Waals surface area contributed by atoms with Gasteiger partial charge in [0.15, 0.2) is 0 Å². The third-order valence-corrected chi connectivity index (χ3v) is 5.54. The highest BCUT2D eigenvalue weighted by Crippen LogP contribution is 2.20. The summed E-state index contributed by atoms with van der Waals surface area (Å²) in [6, 6.07) is 17.4. The van der Waals surface area contributed by atoms with Crippen molar-refractivity contribution in [1.29, 1.82) is 0 Å².